The average molecular weight is 265 g/mol. The molecule has 0 aromatic rings. The summed E-state index contributed by atoms with van der Waals surface area (Å²) in [6.07, 6.45) is 0. The Balaban J connectivity index is -0.0000000495. The van der Waals surface area contributed by atoms with Crippen LogP contribution in [0.5, 0.6) is 0 Å². The zero-order chi connectivity index (χ0) is 12.6. The van der Waals surface area contributed by atoms with Gasteiger partial charge in [0.2, 0.25) is 0 Å². The van der Waals surface area contributed by atoms with Crippen LogP contribution in [0.4, 0.5) is 0 Å². The molecule has 0 saturated carbocycles. The molecule has 0 heterocycles. The molecule has 0 atom stereocenters. The van der Waals surface area contributed by atoms with Gasteiger partial charge < -0.3 is 43.7 Å². The minimum absolute atomic E-state index is 2.00. The van der Waals surface area contributed by atoms with E-state index in [2.05, 4.69) is 24.1 Å². The summed E-state index contributed by atoms with van der Waals surface area (Å²) in [5.74, 6) is 0. The van der Waals surface area contributed by atoms with Crippen LogP contribution in [0, 0.1) is 0 Å². The highest BCUT2D eigenvalue weighted by molar-refractivity contribution is 8.49. The number of rotatable bonds is 0. The Morgan fingerprint density at radius 3 is 0.857 bits per heavy atom. The molecular formula is C6H24N3O2PS2. The predicted octanol–water partition coefficient (Wildman–Crippen LogP) is -5.09. The number of hydrogen-bond donors (Lipinski definition) is 3. The fraction of sp³-hybridized carbons (Fsp3) is 1.00. The summed E-state index contributed by atoms with van der Waals surface area (Å²) in [4.78, 5) is 18.6. The summed E-state index contributed by atoms with van der Waals surface area (Å²) >= 11 is 7.28. The SMILES string of the molecule is C[NH2+]C.C[NH2+]C.C[NH2+]C.[O-]P([O-])(=S)[S-]. The quantitative estimate of drug-likeness (QED) is 0.302. The van der Waals surface area contributed by atoms with Gasteiger partial charge in [0.1, 0.15) is 0 Å². The second-order valence-electron chi connectivity index (χ2n) is 2.18. The first-order valence-electron chi connectivity index (χ1n) is 4.19. The summed E-state index contributed by atoms with van der Waals surface area (Å²) < 4.78 is 0. The maximum atomic E-state index is 9.29. The van der Waals surface area contributed by atoms with Gasteiger partial charge in [0.15, 0.2) is 0 Å². The van der Waals surface area contributed by atoms with E-state index in [1.165, 1.54) is 0 Å². The van der Waals surface area contributed by atoms with Crippen molar-refractivity contribution >= 4 is 29.7 Å². The Labute approximate surface area is 98.0 Å². The first-order valence-corrected chi connectivity index (χ1v) is 7.85. The van der Waals surface area contributed by atoms with Crippen LogP contribution in [0.3, 0.4) is 0 Å². The van der Waals surface area contributed by atoms with Crippen molar-refractivity contribution in [1.82, 2.24) is 0 Å². The molecule has 0 bridgehead atoms. The second kappa shape index (κ2) is 23.5. The lowest BCUT2D eigenvalue weighted by molar-refractivity contribution is -0.597. The topological polar surface area (TPSA) is 96.0 Å². The Morgan fingerprint density at radius 2 is 0.857 bits per heavy atom. The average Bonchev–Trinajstić information content (AvgIpc) is 1.86. The maximum absolute atomic E-state index is 9.29. The molecule has 0 aromatic heterocycles. The standard InChI is InChI=1S/3C2H7N.H3O2PS2/c3*1-3-2;1-3(2,4)5/h3*3H,1-2H3;(H3,1,2,4,5). The van der Waals surface area contributed by atoms with Gasteiger partial charge in [-0.1, -0.05) is 0 Å². The fourth-order valence-corrected chi connectivity index (χ4v) is 0. The van der Waals surface area contributed by atoms with Crippen molar-refractivity contribution in [3.8, 4) is 0 Å². The molecule has 0 aliphatic heterocycles. The highest BCUT2D eigenvalue weighted by Gasteiger charge is 1.35. The lowest BCUT2D eigenvalue weighted by atomic mass is 11.3. The van der Waals surface area contributed by atoms with E-state index in [1.54, 1.807) is 0 Å². The fourth-order valence-electron chi connectivity index (χ4n) is 0. The molecule has 0 radical (unpaired) electrons. The molecule has 6 N–H and O–H groups in total. The summed E-state index contributed by atoms with van der Waals surface area (Å²) in [6, 6.07) is 0. The maximum Gasteiger partial charge on any atom is 0.0647 e. The number of quaternary nitrogens is 3. The van der Waals surface area contributed by atoms with Crippen LogP contribution in [0.2, 0.25) is 0 Å². The third kappa shape index (κ3) is 2780. The number of nitrogens with two attached hydrogens (primary N) is 3. The molecule has 0 aliphatic rings. The lowest BCUT2D eigenvalue weighted by Gasteiger charge is -2.44. The van der Waals surface area contributed by atoms with Gasteiger partial charge in [-0.15, -0.1) is 0 Å². The third-order valence-electron chi connectivity index (χ3n) is 0. The van der Waals surface area contributed by atoms with Gasteiger partial charge in [0.25, 0.3) is 0 Å². The largest absolute Gasteiger partial charge is 0.850 e. The van der Waals surface area contributed by atoms with E-state index in [-0.39, 0.29) is 0 Å². The van der Waals surface area contributed by atoms with Gasteiger partial charge in [-0.05, 0) is 0 Å². The van der Waals surface area contributed by atoms with E-state index < -0.39 is 5.69 Å². The van der Waals surface area contributed by atoms with Gasteiger partial charge in [0, 0.05) is 0 Å². The molecule has 92 valence electrons. The van der Waals surface area contributed by atoms with Crippen molar-refractivity contribution in [2.45, 2.75) is 0 Å². The van der Waals surface area contributed by atoms with Gasteiger partial charge in [-0.2, -0.15) is 11.8 Å². The molecule has 0 aliphatic carbocycles. The van der Waals surface area contributed by atoms with Crippen LogP contribution >= 0.6 is 5.69 Å². The van der Waals surface area contributed by atoms with Crippen LogP contribution in [0.25, 0.3) is 0 Å². The van der Waals surface area contributed by atoms with Crippen LogP contribution in [-0.2, 0) is 24.1 Å². The molecule has 0 saturated heterocycles. The van der Waals surface area contributed by atoms with Gasteiger partial charge >= 0.3 is 0 Å². The molecule has 0 fully saturated rings. The van der Waals surface area contributed by atoms with Crippen LogP contribution in [0.15, 0.2) is 0 Å². The van der Waals surface area contributed by atoms with Crippen molar-refractivity contribution in [2.75, 3.05) is 42.3 Å². The van der Waals surface area contributed by atoms with Crippen LogP contribution in [0.1, 0.15) is 0 Å². The zero-order valence-electron chi connectivity index (χ0n) is 9.81. The smallest absolute Gasteiger partial charge is 0.0647 e. The summed E-state index contributed by atoms with van der Waals surface area (Å²) in [5, 5.41) is 6.00. The molecule has 0 spiro atoms. The molecule has 5 nitrogen and oxygen atoms in total. The van der Waals surface area contributed by atoms with E-state index >= 15 is 0 Å². The Hall–Kier alpha value is 0.800. The first kappa shape index (κ1) is 24.2. The summed E-state index contributed by atoms with van der Waals surface area (Å²) in [7, 11) is 12.0. The third-order valence-corrected chi connectivity index (χ3v) is 0. The van der Waals surface area contributed by atoms with E-state index in [9.17, 15) is 9.79 Å². The van der Waals surface area contributed by atoms with E-state index in [0.29, 0.717) is 0 Å². The van der Waals surface area contributed by atoms with Crippen molar-refractivity contribution in [1.29, 1.82) is 0 Å². The molecule has 0 rings (SSSR count). The minimum Gasteiger partial charge on any atom is -0.850 e. The number of hydrogen-bond acceptors (Lipinski definition) is 4. The van der Waals surface area contributed by atoms with E-state index in [1.807, 2.05) is 58.2 Å². The van der Waals surface area contributed by atoms with Crippen LogP contribution < -0.4 is 25.7 Å². The monoisotopic (exact) mass is 265 g/mol. The van der Waals surface area contributed by atoms with Gasteiger partial charge in [-0.25, -0.2) is 0 Å². The molecule has 14 heavy (non-hydrogen) atoms. The summed E-state index contributed by atoms with van der Waals surface area (Å²) in [5.41, 5.74) is -3.72. The normalized spacial score (nSPS) is 8.07. The molecular weight excluding hydrogens is 241 g/mol. The molecule has 8 heteroatoms. The van der Waals surface area contributed by atoms with Gasteiger partial charge in [-0.3, -0.25) is 0 Å². The Kier molecular flexibility index (Phi) is 40.6. The molecule has 0 amide bonds. The highest BCUT2D eigenvalue weighted by Crippen LogP contribution is 2.16. The molecule has 0 unspecified atom stereocenters. The van der Waals surface area contributed by atoms with E-state index in [0.717, 1.165) is 0 Å². The highest BCUT2D eigenvalue weighted by atomic mass is 32.9. The van der Waals surface area contributed by atoms with Gasteiger partial charge in [0.05, 0.1) is 42.3 Å². The second-order valence-corrected chi connectivity index (χ2v) is 6.65. The van der Waals surface area contributed by atoms with Crippen molar-refractivity contribution in [3.05, 3.63) is 0 Å². The van der Waals surface area contributed by atoms with Crippen LogP contribution in [-0.4, -0.2) is 42.3 Å². The van der Waals surface area contributed by atoms with E-state index in [4.69, 9.17) is 0 Å². The Morgan fingerprint density at radius 1 is 0.857 bits per heavy atom. The first-order chi connectivity index (χ1) is 6.24. The Bertz CT molecular complexity index is 100. The predicted molar refractivity (Wildman–Crippen MR) is 63.0 cm³/mol. The lowest BCUT2D eigenvalue weighted by Crippen LogP contribution is -2.74. The van der Waals surface area contributed by atoms with Crippen molar-refractivity contribution < 1.29 is 25.7 Å². The molecule has 0 aromatic carbocycles. The minimum atomic E-state index is -3.72. The van der Waals surface area contributed by atoms with Crippen molar-refractivity contribution in [2.24, 2.45) is 0 Å². The van der Waals surface area contributed by atoms with Crippen molar-refractivity contribution in [3.63, 3.8) is 0 Å². The zero-order valence-corrected chi connectivity index (χ0v) is 12.3. The summed E-state index contributed by atoms with van der Waals surface area (Å²) in [6.45, 7) is 0.